The van der Waals surface area contributed by atoms with Gasteiger partial charge in [-0.3, -0.25) is 0 Å². The Morgan fingerprint density at radius 1 is 0.720 bits per heavy atom. The number of nitrogens with one attached hydrogen (secondary N) is 1. The Kier molecular flexibility index (Phi) is 4.94. The summed E-state index contributed by atoms with van der Waals surface area (Å²) in [6, 6.07) is 31.0. The minimum atomic E-state index is 0.422. The van der Waals surface area contributed by atoms with Crippen LogP contribution in [0.2, 0.25) is 0 Å². The van der Waals surface area contributed by atoms with E-state index in [0.29, 0.717) is 12.0 Å². The molecule has 0 heterocycles. The van der Waals surface area contributed by atoms with Crippen molar-refractivity contribution in [3.8, 4) is 0 Å². The van der Waals surface area contributed by atoms with Crippen molar-refractivity contribution in [3.63, 3.8) is 0 Å². The fourth-order valence-electron chi connectivity index (χ4n) is 4.06. The number of hydrogen-bond acceptors (Lipinski definition) is 1. The summed E-state index contributed by atoms with van der Waals surface area (Å²) in [5, 5.41) is 3.86. The number of hydrogen-bond donors (Lipinski definition) is 1. The largest absolute Gasteiger partial charge is 0.306 e. The fourth-order valence-corrected chi connectivity index (χ4v) is 4.06. The van der Waals surface area contributed by atoms with Crippen LogP contribution in [0.15, 0.2) is 84.9 Å². The molecule has 0 radical (unpaired) electrons. The highest BCUT2D eigenvalue weighted by molar-refractivity contribution is 5.34. The molecule has 1 nitrogen and oxygen atoms in total. The maximum absolute atomic E-state index is 3.86. The Hall–Kier alpha value is -2.38. The van der Waals surface area contributed by atoms with Crippen molar-refractivity contribution in [1.82, 2.24) is 5.32 Å². The van der Waals surface area contributed by atoms with Crippen molar-refractivity contribution in [1.29, 1.82) is 0 Å². The number of fused-ring (bicyclic) bond motifs is 1. The molecule has 0 amide bonds. The molecule has 2 atom stereocenters. The zero-order valence-corrected chi connectivity index (χ0v) is 14.6. The van der Waals surface area contributed by atoms with Crippen molar-refractivity contribution in [2.45, 2.75) is 31.8 Å². The molecule has 25 heavy (non-hydrogen) atoms. The van der Waals surface area contributed by atoms with Crippen LogP contribution in [-0.2, 0) is 19.4 Å². The molecule has 2 unspecified atom stereocenters. The normalized spacial score (nSPS) is 19.4. The molecule has 0 aliphatic heterocycles. The first-order chi connectivity index (χ1) is 12.4. The topological polar surface area (TPSA) is 12.0 Å². The molecule has 126 valence electrons. The van der Waals surface area contributed by atoms with E-state index in [9.17, 15) is 0 Å². The monoisotopic (exact) mass is 327 g/mol. The third kappa shape index (κ3) is 3.83. The van der Waals surface area contributed by atoms with Gasteiger partial charge in [-0.05, 0) is 47.4 Å². The number of rotatable bonds is 5. The van der Waals surface area contributed by atoms with Crippen LogP contribution in [0.3, 0.4) is 0 Å². The minimum absolute atomic E-state index is 0.422. The van der Waals surface area contributed by atoms with Crippen molar-refractivity contribution in [2.24, 2.45) is 5.92 Å². The number of benzene rings is 3. The van der Waals surface area contributed by atoms with Gasteiger partial charge in [0.1, 0.15) is 0 Å². The van der Waals surface area contributed by atoms with E-state index in [2.05, 4.69) is 90.2 Å². The summed E-state index contributed by atoms with van der Waals surface area (Å²) in [6.07, 6.45) is 3.58. The molecule has 1 heteroatoms. The van der Waals surface area contributed by atoms with E-state index in [1.54, 1.807) is 0 Å². The highest BCUT2D eigenvalue weighted by atomic mass is 14.9. The first-order valence-corrected chi connectivity index (χ1v) is 9.29. The maximum atomic E-state index is 3.86. The van der Waals surface area contributed by atoms with Gasteiger partial charge in [-0.2, -0.15) is 0 Å². The minimum Gasteiger partial charge on any atom is -0.306 e. The Labute approximate surface area is 150 Å². The van der Waals surface area contributed by atoms with Crippen LogP contribution in [0.1, 0.15) is 34.7 Å². The van der Waals surface area contributed by atoms with Gasteiger partial charge in [-0.25, -0.2) is 0 Å². The zero-order chi connectivity index (χ0) is 16.9. The third-order valence-electron chi connectivity index (χ3n) is 5.36. The van der Waals surface area contributed by atoms with Crippen LogP contribution in [0, 0.1) is 5.92 Å². The van der Waals surface area contributed by atoms with Crippen LogP contribution in [0.25, 0.3) is 0 Å². The summed E-state index contributed by atoms with van der Waals surface area (Å²) in [5.74, 6) is 0.640. The van der Waals surface area contributed by atoms with E-state index >= 15 is 0 Å². The molecule has 0 saturated carbocycles. The third-order valence-corrected chi connectivity index (χ3v) is 5.36. The first kappa shape index (κ1) is 16.1. The molecule has 3 aromatic carbocycles. The average Bonchev–Trinajstić information content (AvgIpc) is 2.68. The standard InChI is InChI=1S/C24H25N/c1-3-9-19(10-4-1)17-22-16-15-21-13-7-8-14-23(21)24(22)25-18-20-11-5-2-6-12-20/h1-14,22,24-25H,15-18H2. The summed E-state index contributed by atoms with van der Waals surface area (Å²) >= 11 is 0. The molecule has 0 saturated heterocycles. The Morgan fingerprint density at radius 3 is 2.12 bits per heavy atom. The van der Waals surface area contributed by atoms with Gasteiger partial charge in [-0.15, -0.1) is 0 Å². The Morgan fingerprint density at radius 2 is 1.36 bits per heavy atom. The van der Waals surface area contributed by atoms with Gasteiger partial charge >= 0.3 is 0 Å². The second-order valence-electron chi connectivity index (χ2n) is 7.03. The molecular formula is C24H25N. The fraction of sp³-hybridized carbons (Fsp3) is 0.250. The molecule has 1 aliphatic rings. The molecule has 0 spiro atoms. The van der Waals surface area contributed by atoms with Crippen LogP contribution in [0.5, 0.6) is 0 Å². The predicted molar refractivity (Wildman–Crippen MR) is 104 cm³/mol. The van der Waals surface area contributed by atoms with Gasteiger partial charge in [0, 0.05) is 12.6 Å². The highest BCUT2D eigenvalue weighted by Gasteiger charge is 2.29. The quantitative estimate of drug-likeness (QED) is 0.668. The van der Waals surface area contributed by atoms with Crippen molar-refractivity contribution < 1.29 is 0 Å². The van der Waals surface area contributed by atoms with Crippen LogP contribution >= 0.6 is 0 Å². The molecule has 0 aromatic heterocycles. The maximum Gasteiger partial charge on any atom is 0.0357 e. The summed E-state index contributed by atoms with van der Waals surface area (Å²) in [6.45, 7) is 0.922. The average molecular weight is 327 g/mol. The lowest BCUT2D eigenvalue weighted by atomic mass is 9.77. The molecule has 3 aromatic rings. The molecular weight excluding hydrogens is 302 g/mol. The first-order valence-electron chi connectivity index (χ1n) is 9.29. The van der Waals surface area contributed by atoms with Gasteiger partial charge < -0.3 is 5.32 Å². The van der Waals surface area contributed by atoms with Gasteiger partial charge in [0.15, 0.2) is 0 Å². The van der Waals surface area contributed by atoms with Gasteiger partial charge in [0.05, 0.1) is 0 Å². The number of aryl methyl sites for hydroxylation is 1. The second kappa shape index (κ2) is 7.67. The van der Waals surface area contributed by atoms with Crippen molar-refractivity contribution in [2.75, 3.05) is 0 Å². The van der Waals surface area contributed by atoms with E-state index in [4.69, 9.17) is 0 Å². The zero-order valence-electron chi connectivity index (χ0n) is 14.6. The Bertz CT molecular complexity index is 795. The van der Waals surface area contributed by atoms with Gasteiger partial charge in [-0.1, -0.05) is 84.9 Å². The van der Waals surface area contributed by atoms with E-state index < -0.39 is 0 Å². The van der Waals surface area contributed by atoms with Crippen LogP contribution in [-0.4, -0.2) is 0 Å². The molecule has 0 fully saturated rings. The van der Waals surface area contributed by atoms with E-state index in [0.717, 1.165) is 13.0 Å². The van der Waals surface area contributed by atoms with Crippen molar-refractivity contribution in [3.05, 3.63) is 107 Å². The molecule has 1 N–H and O–H groups in total. The van der Waals surface area contributed by atoms with E-state index in [1.165, 1.54) is 35.1 Å². The smallest absolute Gasteiger partial charge is 0.0357 e. The lowest BCUT2D eigenvalue weighted by Crippen LogP contribution is -2.33. The molecule has 4 rings (SSSR count). The van der Waals surface area contributed by atoms with Gasteiger partial charge in [0.2, 0.25) is 0 Å². The molecule has 1 aliphatic carbocycles. The SMILES string of the molecule is c1ccc(CNC2c3ccccc3CCC2Cc2ccccc2)cc1. The lowest BCUT2D eigenvalue weighted by molar-refractivity contribution is 0.317. The van der Waals surface area contributed by atoms with Crippen molar-refractivity contribution >= 4 is 0 Å². The summed E-state index contributed by atoms with van der Waals surface area (Å²) in [4.78, 5) is 0. The van der Waals surface area contributed by atoms with E-state index in [-0.39, 0.29) is 0 Å². The summed E-state index contributed by atoms with van der Waals surface area (Å²) in [7, 11) is 0. The lowest BCUT2D eigenvalue weighted by Gasteiger charge is -2.35. The Balaban J connectivity index is 1.57. The highest BCUT2D eigenvalue weighted by Crippen LogP contribution is 2.36. The van der Waals surface area contributed by atoms with Gasteiger partial charge in [0.25, 0.3) is 0 Å². The molecule has 0 bridgehead atoms. The van der Waals surface area contributed by atoms with Crippen LogP contribution < -0.4 is 5.32 Å². The van der Waals surface area contributed by atoms with E-state index in [1.807, 2.05) is 0 Å². The predicted octanol–water partition coefficient (Wildman–Crippen LogP) is 5.32. The van der Waals surface area contributed by atoms with Crippen LogP contribution in [0.4, 0.5) is 0 Å². The summed E-state index contributed by atoms with van der Waals surface area (Å²) in [5.41, 5.74) is 5.80. The summed E-state index contributed by atoms with van der Waals surface area (Å²) < 4.78 is 0. The second-order valence-corrected chi connectivity index (χ2v) is 7.03.